The summed E-state index contributed by atoms with van der Waals surface area (Å²) in [5.74, 6) is -0.279. The molecule has 3 unspecified atom stereocenters. The van der Waals surface area contributed by atoms with Gasteiger partial charge in [0.2, 0.25) is 0 Å². The monoisotopic (exact) mass is 456 g/mol. The maximum atomic E-state index is 13.4. The Hall–Kier alpha value is -2.10. The maximum Gasteiger partial charge on any atom is 0.312 e. The third-order valence-corrected chi connectivity index (χ3v) is 7.92. The van der Waals surface area contributed by atoms with E-state index in [0.717, 1.165) is 36.8 Å². The summed E-state index contributed by atoms with van der Waals surface area (Å²) in [7, 11) is 0. The highest BCUT2D eigenvalue weighted by molar-refractivity contribution is 5.77. The van der Waals surface area contributed by atoms with Crippen LogP contribution in [0.1, 0.15) is 99.5 Å². The predicted octanol–water partition coefficient (Wildman–Crippen LogP) is 7.37. The quantitative estimate of drug-likeness (QED) is 0.288. The van der Waals surface area contributed by atoms with E-state index in [2.05, 4.69) is 6.58 Å². The molecule has 0 N–H and O–H groups in total. The van der Waals surface area contributed by atoms with E-state index in [1.54, 1.807) is 0 Å². The van der Waals surface area contributed by atoms with Crippen LogP contribution in [0.3, 0.4) is 0 Å². The van der Waals surface area contributed by atoms with Crippen molar-refractivity contribution in [1.29, 1.82) is 0 Å². The number of ether oxygens (including phenoxy) is 2. The van der Waals surface area contributed by atoms with E-state index in [0.29, 0.717) is 12.8 Å². The van der Waals surface area contributed by atoms with Crippen molar-refractivity contribution in [3.05, 3.63) is 48.0 Å². The summed E-state index contributed by atoms with van der Waals surface area (Å²) in [6, 6.07) is 9.84. The van der Waals surface area contributed by atoms with Gasteiger partial charge in [0.1, 0.15) is 11.2 Å². The number of benzene rings is 1. The minimum Gasteiger partial charge on any atom is -0.454 e. The van der Waals surface area contributed by atoms with E-state index in [9.17, 15) is 9.59 Å². The van der Waals surface area contributed by atoms with Crippen LogP contribution in [-0.4, -0.2) is 17.5 Å². The second-order valence-electron chi connectivity index (χ2n) is 11.4. The van der Waals surface area contributed by atoms with Crippen LogP contribution in [0, 0.1) is 16.7 Å². The van der Waals surface area contributed by atoms with Gasteiger partial charge in [-0.2, -0.15) is 0 Å². The molecule has 4 heteroatoms. The average molecular weight is 457 g/mol. The van der Waals surface area contributed by atoms with Crippen LogP contribution in [0.25, 0.3) is 0 Å². The van der Waals surface area contributed by atoms with E-state index in [1.165, 1.54) is 0 Å². The standard InChI is InChI=1S/C29H44O4/c1-10-26(4,5)24(30)33-29(9)19-15-16-22(21(29)3)20-28(8,11-2)25(31)32-27(6,7)23-17-13-12-14-18-23/h12-14,17-18,22H,3,10-11,15-16,19-20H2,1-2,4-9H3. The first kappa shape index (κ1) is 27.1. The Kier molecular flexibility index (Phi) is 8.25. The van der Waals surface area contributed by atoms with Crippen LogP contribution in [-0.2, 0) is 24.7 Å². The highest BCUT2D eigenvalue weighted by Crippen LogP contribution is 2.46. The normalized spacial score (nSPS) is 23.5. The van der Waals surface area contributed by atoms with Gasteiger partial charge < -0.3 is 9.47 Å². The molecule has 3 atom stereocenters. The molecule has 33 heavy (non-hydrogen) atoms. The van der Waals surface area contributed by atoms with Gasteiger partial charge in [-0.15, -0.1) is 0 Å². The lowest BCUT2D eigenvalue weighted by molar-refractivity contribution is -0.173. The zero-order valence-electron chi connectivity index (χ0n) is 22.0. The number of hydrogen-bond donors (Lipinski definition) is 0. The molecule has 0 aliphatic heterocycles. The van der Waals surface area contributed by atoms with Crippen molar-refractivity contribution < 1.29 is 19.1 Å². The van der Waals surface area contributed by atoms with Crippen molar-refractivity contribution in [3.63, 3.8) is 0 Å². The molecule has 0 amide bonds. The highest BCUT2D eigenvalue weighted by Gasteiger charge is 2.46. The molecule has 0 radical (unpaired) electrons. The minimum atomic E-state index is -0.714. The fourth-order valence-corrected chi connectivity index (χ4v) is 4.45. The number of esters is 2. The summed E-state index contributed by atoms with van der Waals surface area (Å²) in [5, 5.41) is 0. The van der Waals surface area contributed by atoms with Crippen molar-refractivity contribution in [3.8, 4) is 0 Å². The molecule has 1 aliphatic carbocycles. The Balaban J connectivity index is 2.17. The summed E-state index contributed by atoms with van der Waals surface area (Å²) < 4.78 is 12.1. The van der Waals surface area contributed by atoms with E-state index in [4.69, 9.17) is 9.47 Å². The molecule has 1 aromatic rings. The second-order valence-corrected chi connectivity index (χ2v) is 11.4. The first-order chi connectivity index (χ1) is 15.2. The van der Waals surface area contributed by atoms with Gasteiger partial charge in [-0.05, 0) is 97.1 Å². The SMILES string of the molecule is C=C1C(CC(C)(CC)C(=O)OC(C)(C)c2ccccc2)CCCC1(C)OC(=O)C(C)(C)CC. The van der Waals surface area contributed by atoms with Crippen molar-refractivity contribution in [2.75, 3.05) is 0 Å². The molecule has 1 saturated carbocycles. The zero-order chi connectivity index (χ0) is 25.1. The van der Waals surface area contributed by atoms with Crippen molar-refractivity contribution in [2.24, 2.45) is 16.7 Å². The van der Waals surface area contributed by atoms with Gasteiger partial charge >= 0.3 is 11.9 Å². The van der Waals surface area contributed by atoms with Gasteiger partial charge in [-0.3, -0.25) is 9.59 Å². The Morgan fingerprint density at radius 2 is 1.64 bits per heavy atom. The summed E-state index contributed by atoms with van der Waals surface area (Å²) >= 11 is 0. The van der Waals surface area contributed by atoms with Gasteiger partial charge in [-0.1, -0.05) is 50.8 Å². The first-order valence-electron chi connectivity index (χ1n) is 12.4. The molecule has 2 rings (SSSR count). The van der Waals surface area contributed by atoms with E-state index in [1.807, 2.05) is 85.7 Å². The number of carbonyl (C=O) groups is 2. The molecule has 0 heterocycles. The third-order valence-electron chi connectivity index (χ3n) is 7.92. The Bertz CT molecular complexity index is 854. The van der Waals surface area contributed by atoms with Crippen LogP contribution in [0.4, 0.5) is 0 Å². The Labute approximate surface area is 201 Å². The molecular formula is C29H44O4. The molecule has 0 bridgehead atoms. The number of hydrogen-bond acceptors (Lipinski definition) is 4. The summed E-state index contributed by atoms with van der Waals surface area (Å²) in [6.07, 6.45) is 4.66. The lowest BCUT2D eigenvalue weighted by atomic mass is 9.68. The van der Waals surface area contributed by atoms with Crippen molar-refractivity contribution >= 4 is 11.9 Å². The highest BCUT2D eigenvalue weighted by atomic mass is 16.6. The van der Waals surface area contributed by atoms with Crippen LogP contribution < -0.4 is 0 Å². The topological polar surface area (TPSA) is 52.6 Å². The zero-order valence-corrected chi connectivity index (χ0v) is 22.0. The van der Waals surface area contributed by atoms with Crippen LogP contribution >= 0.6 is 0 Å². The predicted molar refractivity (Wildman–Crippen MR) is 134 cm³/mol. The van der Waals surface area contributed by atoms with Gasteiger partial charge in [-0.25, -0.2) is 0 Å². The molecule has 0 spiro atoms. The van der Waals surface area contributed by atoms with Crippen molar-refractivity contribution in [2.45, 2.75) is 105 Å². The fraction of sp³-hybridized carbons (Fsp3) is 0.655. The maximum absolute atomic E-state index is 13.4. The second kappa shape index (κ2) is 10.0. The first-order valence-corrected chi connectivity index (χ1v) is 12.4. The van der Waals surface area contributed by atoms with Gasteiger partial charge in [0, 0.05) is 0 Å². The Morgan fingerprint density at radius 1 is 1.03 bits per heavy atom. The van der Waals surface area contributed by atoms with Crippen LogP contribution in [0.15, 0.2) is 42.5 Å². The van der Waals surface area contributed by atoms with Gasteiger partial charge in [0.25, 0.3) is 0 Å². The molecule has 0 saturated heterocycles. The molecule has 0 aromatic heterocycles. The number of rotatable bonds is 9. The number of carbonyl (C=O) groups excluding carboxylic acids is 2. The van der Waals surface area contributed by atoms with E-state index < -0.39 is 22.0 Å². The van der Waals surface area contributed by atoms with Crippen LogP contribution in [0.5, 0.6) is 0 Å². The molecule has 1 fully saturated rings. The largest absolute Gasteiger partial charge is 0.454 e. The van der Waals surface area contributed by atoms with E-state index in [-0.39, 0.29) is 17.9 Å². The van der Waals surface area contributed by atoms with Crippen LogP contribution in [0.2, 0.25) is 0 Å². The van der Waals surface area contributed by atoms with E-state index >= 15 is 0 Å². The average Bonchev–Trinajstić information content (AvgIpc) is 2.77. The molecular weight excluding hydrogens is 412 g/mol. The molecule has 184 valence electrons. The smallest absolute Gasteiger partial charge is 0.312 e. The molecule has 4 nitrogen and oxygen atoms in total. The summed E-state index contributed by atoms with van der Waals surface area (Å²) in [4.78, 5) is 26.3. The third kappa shape index (κ3) is 6.07. The van der Waals surface area contributed by atoms with Crippen molar-refractivity contribution in [1.82, 2.24) is 0 Å². The lowest BCUT2D eigenvalue weighted by Gasteiger charge is -2.44. The molecule has 1 aromatic carbocycles. The summed E-state index contributed by atoms with van der Waals surface area (Å²) in [5.41, 5.74) is -0.700. The fourth-order valence-electron chi connectivity index (χ4n) is 4.45. The minimum absolute atomic E-state index is 0.0960. The summed E-state index contributed by atoms with van der Waals surface area (Å²) in [6.45, 7) is 20.1. The Morgan fingerprint density at radius 3 is 2.18 bits per heavy atom. The van der Waals surface area contributed by atoms with Gasteiger partial charge in [0.05, 0.1) is 10.8 Å². The molecule has 1 aliphatic rings. The lowest BCUT2D eigenvalue weighted by Crippen LogP contribution is -2.44. The van der Waals surface area contributed by atoms with Gasteiger partial charge in [0.15, 0.2) is 0 Å².